The van der Waals surface area contributed by atoms with E-state index in [0.717, 1.165) is 16.3 Å². The van der Waals surface area contributed by atoms with Crippen LogP contribution in [0, 0.1) is 12.7 Å². The lowest BCUT2D eigenvalue weighted by atomic mass is 10.0. The Morgan fingerprint density at radius 2 is 1.78 bits per heavy atom. The Morgan fingerprint density at radius 1 is 1.10 bits per heavy atom. The zero-order chi connectivity index (χ0) is 29.9. The van der Waals surface area contributed by atoms with Crippen molar-refractivity contribution in [2.24, 2.45) is 7.05 Å². The molecule has 13 heteroatoms. The van der Waals surface area contributed by atoms with E-state index in [4.69, 9.17) is 0 Å². The number of nitrogens with one attached hydrogen (secondary N) is 1. The summed E-state index contributed by atoms with van der Waals surface area (Å²) in [5, 5.41) is 7.55. The number of alkyl halides is 2. The Hall–Kier alpha value is -3.97. The van der Waals surface area contributed by atoms with Crippen molar-refractivity contribution in [2.45, 2.75) is 56.0 Å². The van der Waals surface area contributed by atoms with Crippen molar-refractivity contribution in [3.05, 3.63) is 97.4 Å². The second kappa shape index (κ2) is 10.1. The van der Waals surface area contributed by atoms with Crippen molar-refractivity contribution < 1.29 is 26.1 Å². The van der Waals surface area contributed by atoms with E-state index >= 15 is 0 Å². The van der Waals surface area contributed by atoms with Crippen molar-refractivity contribution in [3.8, 4) is 0 Å². The predicted octanol–water partition coefficient (Wildman–Crippen LogP) is 4.63. The summed E-state index contributed by atoms with van der Waals surface area (Å²) < 4.78 is 77.7. The highest BCUT2D eigenvalue weighted by atomic mass is 32.2. The molecule has 1 saturated carbocycles. The first-order chi connectivity index (χ1) is 19.2. The summed E-state index contributed by atoms with van der Waals surface area (Å²) in [4.78, 5) is 26.0. The van der Waals surface area contributed by atoms with Crippen LogP contribution >= 0.6 is 0 Å². The van der Waals surface area contributed by atoms with Gasteiger partial charge in [-0.3, -0.25) is 14.1 Å². The molecule has 2 N–H and O–H groups in total. The zero-order valence-electron chi connectivity index (χ0n) is 22.4. The first-order valence-corrected chi connectivity index (χ1v) is 14.2. The van der Waals surface area contributed by atoms with E-state index in [0.29, 0.717) is 18.4 Å². The lowest BCUT2D eigenvalue weighted by Gasteiger charge is -2.22. The standard InChI is InChI=1S/C28H27F3N4O5S/c1-15-7-8-22(41(38,39)40)17(11-15)13-28(9-10-28)35-14-21-20(12-23(35)36)27(37)34(3)33-26(21)32-16(2)18-5-4-6-19(24(18)29)25(30)31/h4-8,11-12,14,16,25H,9-10,13H2,1-3H3,(H,32,33)(H,38,39,40). The van der Waals surface area contributed by atoms with Gasteiger partial charge in [-0.05, 0) is 44.7 Å². The Kier molecular flexibility index (Phi) is 7.06. The monoisotopic (exact) mass is 588 g/mol. The maximum absolute atomic E-state index is 14.9. The minimum Gasteiger partial charge on any atom is -0.361 e. The third-order valence-electron chi connectivity index (χ3n) is 7.55. The van der Waals surface area contributed by atoms with Gasteiger partial charge in [0.1, 0.15) is 5.82 Å². The molecule has 4 aromatic rings. The molecular weight excluding hydrogens is 561 g/mol. The molecule has 41 heavy (non-hydrogen) atoms. The second-order valence-corrected chi connectivity index (χ2v) is 11.9. The van der Waals surface area contributed by atoms with Gasteiger partial charge in [-0.15, -0.1) is 0 Å². The molecule has 1 fully saturated rings. The van der Waals surface area contributed by atoms with E-state index in [1.54, 1.807) is 26.0 Å². The number of rotatable bonds is 8. The summed E-state index contributed by atoms with van der Waals surface area (Å²) in [7, 11) is -3.13. The van der Waals surface area contributed by atoms with E-state index in [-0.39, 0.29) is 33.5 Å². The van der Waals surface area contributed by atoms with Crippen LogP contribution in [0.25, 0.3) is 10.8 Å². The van der Waals surface area contributed by atoms with E-state index < -0.39 is 50.6 Å². The number of hydrogen-bond donors (Lipinski definition) is 2. The number of aromatic nitrogens is 3. The molecule has 0 spiro atoms. The molecule has 0 bridgehead atoms. The molecule has 216 valence electrons. The summed E-state index contributed by atoms with van der Waals surface area (Å²) in [6, 6.07) is 8.55. The number of anilines is 1. The molecular formula is C28H27F3N4O5S. The molecule has 1 atom stereocenters. The number of benzene rings is 2. The van der Waals surface area contributed by atoms with Crippen LogP contribution in [0.3, 0.4) is 0 Å². The summed E-state index contributed by atoms with van der Waals surface area (Å²) in [5.74, 6) is -0.937. The van der Waals surface area contributed by atoms with Gasteiger partial charge in [0.25, 0.3) is 27.7 Å². The minimum atomic E-state index is -4.52. The first-order valence-electron chi connectivity index (χ1n) is 12.8. The fourth-order valence-electron chi connectivity index (χ4n) is 5.25. The maximum Gasteiger partial charge on any atom is 0.294 e. The molecule has 2 aromatic heterocycles. The summed E-state index contributed by atoms with van der Waals surface area (Å²) >= 11 is 0. The number of fused-ring (bicyclic) bond motifs is 1. The molecule has 0 aliphatic heterocycles. The first kappa shape index (κ1) is 28.6. The van der Waals surface area contributed by atoms with Gasteiger partial charge in [0.15, 0.2) is 5.82 Å². The lowest BCUT2D eigenvalue weighted by molar-refractivity contribution is 0.146. The van der Waals surface area contributed by atoms with Crippen molar-refractivity contribution >= 4 is 26.7 Å². The second-order valence-electron chi connectivity index (χ2n) is 10.5. The van der Waals surface area contributed by atoms with Crippen molar-refractivity contribution in [3.63, 3.8) is 0 Å². The molecule has 5 rings (SSSR count). The molecule has 9 nitrogen and oxygen atoms in total. The Balaban J connectivity index is 1.61. The fourth-order valence-corrected chi connectivity index (χ4v) is 5.96. The van der Waals surface area contributed by atoms with Crippen molar-refractivity contribution in [2.75, 3.05) is 5.32 Å². The van der Waals surface area contributed by atoms with Gasteiger partial charge in [-0.2, -0.15) is 13.5 Å². The highest BCUT2D eigenvalue weighted by Crippen LogP contribution is 2.46. The van der Waals surface area contributed by atoms with E-state index in [2.05, 4.69) is 10.4 Å². The number of nitrogens with zero attached hydrogens (tertiary/aromatic N) is 3. The molecule has 0 saturated heterocycles. The average Bonchev–Trinajstić information content (AvgIpc) is 3.66. The smallest absolute Gasteiger partial charge is 0.294 e. The largest absolute Gasteiger partial charge is 0.361 e. The van der Waals surface area contributed by atoms with Gasteiger partial charge >= 0.3 is 0 Å². The van der Waals surface area contributed by atoms with E-state index in [1.807, 2.05) is 0 Å². The normalized spacial score (nSPS) is 15.3. The van der Waals surface area contributed by atoms with Crippen LogP contribution in [0.5, 0.6) is 0 Å². The molecule has 1 unspecified atom stereocenters. The molecule has 0 radical (unpaired) electrons. The van der Waals surface area contributed by atoms with E-state index in [1.165, 1.54) is 42.1 Å². The van der Waals surface area contributed by atoms with Crippen molar-refractivity contribution in [1.82, 2.24) is 14.3 Å². The van der Waals surface area contributed by atoms with Gasteiger partial charge < -0.3 is 9.88 Å². The van der Waals surface area contributed by atoms with Crippen LogP contribution in [0.15, 0.2) is 63.1 Å². The van der Waals surface area contributed by atoms with Gasteiger partial charge in [0, 0.05) is 30.3 Å². The van der Waals surface area contributed by atoms with Crippen LogP contribution in [0.4, 0.5) is 19.0 Å². The third-order valence-corrected chi connectivity index (χ3v) is 8.50. The Bertz CT molecular complexity index is 1920. The SMILES string of the molecule is Cc1ccc(S(=O)(=O)O)c(CC2(n3cc4c(NC(C)c5cccc(C(F)F)c5F)nn(C)c(=O)c4cc3=O)CC2)c1. The molecule has 0 amide bonds. The van der Waals surface area contributed by atoms with Crippen molar-refractivity contribution in [1.29, 1.82) is 0 Å². The summed E-state index contributed by atoms with van der Waals surface area (Å²) in [5.41, 5.74) is -1.51. The lowest BCUT2D eigenvalue weighted by Crippen LogP contribution is -2.33. The van der Waals surface area contributed by atoms with Crippen LogP contribution in [-0.2, 0) is 29.1 Å². The van der Waals surface area contributed by atoms with Gasteiger partial charge in [0.05, 0.1) is 27.4 Å². The number of hydrogen-bond acceptors (Lipinski definition) is 6. The number of pyridine rings is 1. The topological polar surface area (TPSA) is 123 Å². The third kappa shape index (κ3) is 5.26. The van der Waals surface area contributed by atoms with Crippen LogP contribution < -0.4 is 16.4 Å². The fraction of sp³-hybridized carbons (Fsp3) is 0.321. The van der Waals surface area contributed by atoms with E-state index in [9.17, 15) is 35.7 Å². The van der Waals surface area contributed by atoms with Crippen LogP contribution in [0.2, 0.25) is 0 Å². The molecule has 1 aliphatic carbocycles. The van der Waals surface area contributed by atoms with Gasteiger partial charge in [0.2, 0.25) is 0 Å². The average molecular weight is 589 g/mol. The highest BCUT2D eigenvalue weighted by molar-refractivity contribution is 7.85. The van der Waals surface area contributed by atoms with Gasteiger partial charge in [-0.1, -0.05) is 35.9 Å². The van der Waals surface area contributed by atoms with Gasteiger partial charge in [-0.25, -0.2) is 17.9 Å². The predicted molar refractivity (Wildman–Crippen MR) is 147 cm³/mol. The highest BCUT2D eigenvalue weighted by Gasteiger charge is 2.46. The zero-order valence-corrected chi connectivity index (χ0v) is 23.2. The quantitative estimate of drug-likeness (QED) is 0.288. The molecule has 2 heterocycles. The molecule has 1 aliphatic rings. The summed E-state index contributed by atoms with van der Waals surface area (Å²) in [6.07, 6.45) is -0.361. The summed E-state index contributed by atoms with van der Waals surface area (Å²) in [6.45, 7) is 3.33. The number of aryl methyl sites for hydroxylation is 2. The Labute approximate surface area is 233 Å². The Morgan fingerprint density at radius 3 is 2.41 bits per heavy atom. The minimum absolute atomic E-state index is 0.0317. The number of halogens is 3. The van der Waals surface area contributed by atoms with Crippen LogP contribution in [-0.4, -0.2) is 27.3 Å². The molecule has 2 aromatic carbocycles. The maximum atomic E-state index is 14.9. The van der Waals surface area contributed by atoms with Crippen LogP contribution in [0.1, 0.15) is 54.5 Å².